The highest BCUT2D eigenvalue weighted by Gasteiger charge is 2.27. The molecule has 3 N–H and O–H groups in total. The van der Waals surface area contributed by atoms with Crippen LogP contribution >= 0.6 is 0 Å². The van der Waals surface area contributed by atoms with E-state index in [9.17, 15) is 4.79 Å². The summed E-state index contributed by atoms with van der Waals surface area (Å²) < 4.78 is 0. The van der Waals surface area contributed by atoms with E-state index in [1.807, 2.05) is 24.3 Å². The number of hydrogen-bond donors (Lipinski definition) is 3. The lowest BCUT2D eigenvalue weighted by Crippen LogP contribution is -2.35. The van der Waals surface area contributed by atoms with Crippen molar-refractivity contribution in [1.82, 2.24) is 20.5 Å². The number of hydrogen-bond acceptors (Lipinski definition) is 4. The third kappa shape index (κ3) is 2.74. The zero-order chi connectivity index (χ0) is 14.9. The van der Waals surface area contributed by atoms with Gasteiger partial charge in [-0.2, -0.15) is 5.10 Å². The van der Waals surface area contributed by atoms with E-state index in [0.29, 0.717) is 5.92 Å². The maximum atomic E-state index is 12.1. The number of rotatable bonds is 4. The van der Waals surface area contributed by atoms with Crippen molar-refractivity contribution < 1.29 is 4.79 Å². The highest BCUT2D eigenvalue weighted by molar-refractivity contribution is 5.95. The maximum absolute atomic E-state index is 12.1. The molecule has 2 aliphatic rings. The van der Waals surface area contributed by atoms with Gasteiger partial charge in [0.05, 0.1) is 6.04 Å². The van der Waals surface area contributed by atoms with Crippen molar-refractivity contribution in [3.8, 4) is 11.4 Å². The van der Waals surface area contributed by atoms with Crippen LogP contribution in [0.15, 0.2) is 24.3 Å². The normalized spacial score (nSPS) is 21.0. The summed E-state index contributed by atoms with van der Waals surface area (Å²) in [5, 5.41) is 13.4. The van der Waals surface area contributed by atoms with Crippen LogP contribution in [0.4, 0.5) is 5.69 Å². The molecule has 1 saturated heterocycles. The van der Waals surface area contributed by atoms with Crippen molar-refractivity contribution in [1.29, 1.82) is 0 Å². The van der Waals surface area contributed by atoms with E-state index in [0.717, 1.165) is 42.3 Å². The van der Waals surface area contributed by atoms with Crippen LogP contribution in [0.1, 0.15) is 37.4 Å². The molecular formula is C16H19N5O. The van der Waals surface area contributed by atoms with Crippen LogP contribution in [-0.2, 0) is 4.79 Å². The number of nitrogens with zero attached hydrogens (tertiary/aromatic N) is 2. The molecule has 22 heavy (non-hydrogen) atoms. The van der Waals surface area contributed by atoms with E-state index in [4.69, 9.17) is 0 Å². The maximum Gasteiger partial charge on any atom is 0.241 e. The van der Waals surface area contributed by atoms with Crippen LogP contribution in [0.3, 0.4) is 0 Å². The number of carbonyl (C=O) groups excluding carboxylic acids is 1. The monoisotopic (exact) mass is 297 g/mol. The summed E-state index contributed by atoms with van der Waals surface area (Å²) in [5.41, 5.74) is 1.76. The van der Waals surface area contributed by atoms with Gasteiger partial charge in [-0.05, 0) is 56.5 Å². The number of nitrogens with one attached hydrogen (secondary N) is 3. The minimum absolute atomic E-state index is 0.0409. The Kier molecular flexibility index (Phi) is 3.38. The fourth-order valence-corrected chi connectivity index (χ4v) is 2.78. The molecule has 0 bridgehead atoms. The van der Waals surface area contributed by atoms with Gasteiger partial charge in [-0.25, -0.2) is 4.98 Å². The lowest BCUT2D eigenvalue weighted by molar-refractivity contribution is -0.117. The number of carbonyl (C=O) groups is 1. The smallest absolute Gasteiger partial charge is 0.241 e. The van der Waals surface area contributed by atoms with Crippen molar-refractivity contribution in [2.45, 2.75) is 37.6 Å². The van der Waals surface area contributed by atoms with Crippen molar-refractivity contribution in [3.05, 3.63) is 30.1 Å². The molecular weight excluding hydrogens is 278 g/mol. The van der Waals surface area contributed by atoms with Gasteiger partial charge in [0, 0.05) is 17.2 Å². The molecule has 1 amide bonds. The zero-order valence-corrected chi connectivity index (χ0v) is 12.3. The Morgan fingerprint density at radius 3 is 2.68 bits per heavy atom. The molecule has 1 aliphatic heterocycles. The lowest BCUT2D eigenvalue weighted by Gasteiger charge is -2.11. The van der Waals surface area contributed by atoms with Crippen molar-refractivity contribution in [2.75, 3.05) is 11.9 Å². The van der Waals surface area contributed by atoms with Gasteiger partial charge in [0.1, 0.15) is 5.82 Å². The summed E-state index contributed by atoms with van der Waals surface area (Å²) in [5.74, 6) is 2.31. The van der Waals surface area contributed by atoms with Gasteiger partial charge >= 0.3 is 0 Å². The van der Waals surface area contributed by atoms with E-state index in [-0.39, 0.29) is 11.9 Å². The standard InChI is InChI=1S/C16H19N5O/c22-16(13-2-1-9-17-13)18-12-7-5-11(6-8-12)15-19-14(20-21-15)10-3-4-10/h5-8,10,13,17H,1-4,9H2,(H,18,22)(H,19,20,21). The zero-order valence-electron chi connectivity index (χ0n) is 12.3. The first-order valence-corrected chi connectivity index (χ1v) is 7.86. The number of anilines is 1. The fraction of sp³-hybridized carbons (Fsp3) is 0.438. The predicted molar refractivity (Wildman–Crippen MR) is 83.4 cm³/mol. The number of amides is 1. The summed E-state index contributed by atoms with van der Waals surface area (Å²) in [6.45, 7) is 0.922. The highest BCUT2D eigenvalue weighted by Crippen LogP contribution is 2.38. The first-order valence-electron chi connectivity index (χ1n) is 7.86. The third-order valence-corrected chi connectivity index (χ3v) is 4.25. The Balaban J connectivity index is 1.44. The van der Waals surface area contributed by atoms with E-state index in [1.54, 1.807) is 0 Å². The van der Waals surface area contributed by atoms with E-state index >= 15 is 0 Å². The molecule has 1 atom stereocenters. The molecule has 1 aromatic heterocycles. The fourth-order valence-electron chi connectivity index (χ4n) is 2.78. The van der Waals surface area contributed by atoms with Crippen molar-refractivity contribution in [3.63, 3.8) is 0 Å². The van der Waals surface area contributed by atoms with Crippen LogP contribution in [0.2, 0.25) is 0 Å². The molecule has 1 unspecified atom stereocenters. The van der Waals surface area contributed by atoms with Crippen LogP contribution in [0.5, 0.6) is 0 Å². The Hall–Kier alpha value is -2.21. The average molecular weight is 297 g/mol. The summed E-state index contributed by atoms with van der Waals surface area (Å²) >= 11 is 0. The van der Waals surface area contributed by atoms with Crippen molar-refractivity contribution >= 4 is 11.6 Å². The Labute approximate surface area is 128 Å². The van der Waals surface area contributed by atoms with Gasteiger partial charge < -0.3 is 10.6 Å². The van der Waals surface area contributed by atoms with Crippen molar-refractivity contribution in [2.24, 2.45) is 0 Å². The topological polar surface area (TPSA) is 82.7 Å². The summed E-state index contributed by atoms with van der Waals surface area (Å²) in [7, 11) is 0. The van der Waals surface area contributed by atoms with Crippen LogP contribution < -0.4 is 10.6 Å². The lowest BCUT2D eigenvalue weighted by atomic mass is 10.1. The van der Waals surface area contributed by atoms with Gasteiger partial charge in [0.2, 0.25) is 5.91 Å². The van der Waals surface area contributed by atoms with Gasteiger partial charge in [0.15, 0.2) is 5.82 Å². The average Bonchev–Trinajstić information content (AvgIpc) is 3.05. The molecule has 0 spiro atoms. The molecule has 4 rings (SSSR count). The first kappa shape index (κ1) is 13.5. The minimum Gasteiger partial charge on any atom is -0.325 e. The highest BCUT2D eigenvalue weighted by atomic mass is 16.2. The molecule has 2 heterocycles. The molecule has 6 heteroatoms. The predicted octanol–water partition coefficient (Wildman–Crippen LogP) is 2.04. The van der Waals surface area contributed by atoms with E-state index in [2.05, 4.69) is 25.8 Å². The van der Waals surface area contributed by atoms with Gasteiger partial charge in [-0.1, -0.05) is 0 Å². The second-order valence-corrected chi connectivity index (χ2v) is 6.03. The van der Waals surface area contributed by atoms with Crippen LogP contribution in [0.25, 0.3) is 11.4 Å². The minimum atomic E-state index is -0.0613. The summed E-state index contributed by atoms with van der Waals surface area (Å²) in [6, 6.07) is 7.62. The number of H-pyrrole nitrogens is 1. The number of aromatic amines is 1. The van der Waals surface area contributed by atoms with E-state index < -0.39 is 0 Å². The van der Waals surface area contributed by atoms with Gasteiger partial charge in [-0.3, -0.25) is 9.89 Å². The summed E-state index contributed by atoms with van der Waals surface area (Å²) in [6.07, 6.45) is 4.37. The second kappa shape index (κ2) is 5.53. The molecule has 2 fully saturated rings. The Morgan fingerprint density at radius 1 is 1.18 bits per heavy atom. The van der Waals surface area contributed by atoms with Gasteiger partial charge in [0.25, 0.3) is 0 Å². The van der Waals surface area contributed by atoms with Crippen LogP contribution in [-0.4, -0.2) is 33.7 Å². The molecule has 6 nitrogen and oxygen atoms in total. The molecule has 114 valence electrons. The Bertz CT molecular complexity index is 668. The third-order valence-electron chi connectivity index (χ3n) is 4.25. The summed E-state index contributed by atoms with van der Waals surface area (Å²) in [4.78, 5) is 16.6. The SMILES string of the molecule is O=C(Nc1ccc(-c2n[nH]c(C3CC3)n2)cc1)C1CCCN1. The number of aromatic nitrogens is 3. The molecule has 0 radical (unpaired) electrons. The van der Waals surface area contributed by atoms with Gasteiger partial charge in [-0.15, -0.1) is 0 Å². The molecule has 1 saturated carbocycles. The van der Waals surface area contributed by atoms with Crippen LogP contribution in [0, 0.1) is 0 Å². The quantitative estimate of drug-likeness (QED) is 0.806. The molecule has 1 aromatic carbocycles. The van der Waals surface area contributed by atoms with E-state index in [1.165, 1.54) is 12.8 Å². The Morgan fingerprint density at radius 2 is 2.00 bits per heavy atom. The molecule has 2 aromatic rings. The largest absolute Gasteiger partial charge is 0.325 e. The first-order chi connectivity index (χ1) is 10.8. The number of benzene rings is 1. The molecule has 1 aliphatic carbocycles. The second-order valence-electron chi connectivity index (χ2n) is 6.03.